The van der Waals surface area contributed by atoms with Crippen LogP contribution >= 0.6 is 0 Å². The predicted octanol–water partition coefficient (Wildman–Crippen LogP) is 4.24. The van der Waals surface area contributed by atoms with E-state index in [0.717, 1.165) is 19.4 Å². The lowest BCUT2D eigenvalue weighted by molar-refractivity contribution is -0.127. The molecule has 1 aliphatic carbocycles. The van der Waals surface area contributed by atoms with Crippen molar-refractivity contribution >= 4 is 0 Å². The zero-order valence-electron chi connectivity index (χ0n) is 13.6. The van der Waals surface area contributed by atoms with Gasteiger partial charge in [-0.3, -0.25) is 0 Å². The lowest BCUT2D eigenvalue weighted by Gasteiger charge is -2.54. The van der Waals surface area contributed by atoms with Gasteiger partial charge in [0.15, 0.2) is 0 Å². The summed E-state index contributed by atoms with van der Waals surface area (Å²) in [6.07, 6.45) is 2.71. The molecular weight excluding hydrogens is 246 g/mol. The third-order valence-electron chi connectivity index (χ3n) is 5.10. The fourth-order valence-corrected chi connectivity index (χ4v) is 3.35. The molecule has 1 aromatic rings. The van der Waals surface area contributed by atoms with Gasteiger partial charge in [-0.2, -0.15) is 0 Å². The summed E-state index contributed by atoms with van der Waals surface area (Å²) in [6.45, 7) is 12.0. The average Bonchev–Trinajstić information content (AvgIpc) is 2.45. The van der Waals surface area contributed by atoms with E-state index in [2.05, 4.69) is 64.2 Å². The number of aryl methyl sites for hydroxylation is 1. The number of rotatable bonds is 6. The first-order valence-electron chi connectivity index (χ1n) is 7.95. The van der Waals surface area contributed by atoms with Crippen LogP contribution < -0.4 is 5.32 Å². The highest BCUT2D eigenvalue weighted by molar-refractivity contribution is 5.25. The maximum absolute atomic E-state index is 5.88. The molecule has 2 rings (SSSR count). The van der Waals surface area contributed by atoms with Crippen LogP contribution in [0.1, 0.15) is 57.7 Å². The van der Waals surface area contributed by atoms with Gasteiger partial charge in [0.1, 0.15) is 0 Å². The second-order valence-electron chi connectivity index (χ2n) is 6.39. The largest absolute Gasteiger partial charge is 0.378 e. The van der Waals surface area contributed by atoms with Crippen LogP contribution in [0.25, 0.3) is 0 Å². The molecule has 0 radical (unpaired) electrons. The van der Waals surface area contributed by atoms with E-state index in [1.54, 1.807) is 0 Å². The first-order valence-corrected chi connectivity index (χ1v) is 7.95. The van der Waals surface area contributed by atoms with E-state index in [1.807, 2.05) is 0 Å². The van der Waals surface area contributed by atoms with E-state index in [0.29, 0.717) is 18.2 Å². The lowest BCUT2D eigenvalue weighted by Crippen LogP contribution is -2.62. The quantitative estimate of drug-likeness (QED) is 0.838. The van der Waals surface area contributed by atoms with Crippen LogP contribution in [0, 0.1) is 12.3 Å². The van der Waals surface area contributed by atoms with E-state index in [1.165, 1.54) is 11.1 Å². The summed E-state index contributed by atoms with van der Waals surface area (Å²) in [5.41, 5.74) is 2.98. The maximum Gasteiger partial charge on any atom is 0.0658 e. The molecule has 0 bridgehead atoms. The minimum Gasteiger partial charge on any atom is -0.378 e. The van der Waals surface area contributed by atoms with Gasteiger partial charge >= 0.3 is 0 Å². The van der Waals surface area contributed by atoms with E-state index in [-0.39, 0.29) is 5.41 Å². The number of hydrogen-bond donors (Lipinski definition) is 1. The Labute approximate surface area is 123 Å². The van der Waals surface area contributed by atoms with Gasteiger partial charge in [-0.1, -0.05) is 43.7 Å². The molecule has 1 saturated carbocycles. The molecule has 1 fully saturated rings. The molecular formula is C18H29NO. The smallest absolute Gasteiger partial charge is 0.0658 e. The normalized spacial score (nSPS) is 30.9. The summed E-state index contributed by atoms with van der Waals surface area (Å²) in [5, 5.41) is 3.81. The van der Waals surface area contributed by atoms with Gasteiger partial charge in [0.05, 0.1) is 6.10 Å². The monoisotopic (exact) mass is 275 g/mol. The van der Waals surface area contributed by atoms with Crippen molar-refractivity contribution in [1.82, 2.24) is 5.32 Å². The summed E-state index contributed by atoms with van der Waals surface area (Å²) >= 11 is 0. The Bertz CT molecular complexity index is 445. The topological polar surface area (TPSA) is 21.3 Å². The van der Waals surface area contributed by atoms with Crippen molar-refractivity contribution in [2.75, 3.05) is 6.61 Å². The second-order valence-corrected chi connectivity index (χ2v) is 6.39. The SMILES string of the molecule is CCOC1CC(N[C@@H](C)c2cccc(C)c2)C1(C)CC. The van der Waals surface area contributed by atoms with E-state index in [9.17, 15) is 0 Å². The summed E-state index contributed by atoms with van der Waals surface area (Å²) < 4.78 is 5.88. The van der Waals surface area contributed by atoms with Crippen LogP contribution in [0.15, 0.2) is 24.3 Å². The van der Waals surface area contributed by atoms with Crippen LogP contribution in [-0.2, 0) is 4.74 Å². The molecule has 2 nitrogen and oxygen atoms in total. The van der Waals surface area contributed by atoms with E-state index < -0.39 is 0 Å². The van der Waals surface area contributed by atoms with Crippen molar-refractivity contribution in [3.63, 3.8) is 0 Å². The summed E-state index contributed by atoms with van der Waals surface area (Å²) in [6, 6.07) is 9.74. The zero-order chi connectivity index (χ0) is 14.8. The highest BCUT2D eigenvalue weighted by atomic mass is 16.5. The van der Waals surface area contributed by atoms with Crippen LogP contribution in [0.5, 0.6) is 0 Å². The third kappa shape index (κ3) is 2.91. The molecule has 4 atom stereocenters. The van der Waals surface area contributed by atoms with Gasteiger partial charge in [0, 0.05) is 24.1 Å². The van der Waals surface area contributed by atoms with Crippen molar-refractivity contribution in [3.05, 3.63) is 35.4 Å². The van der Waals surface area contributed by atoms with Gasteiger partial charge < -0.3 is 10.1 Å². The molecule has 2 heteroatoms. The van der Waals surface area contributed by atoms with Gasteiger partial charge in [-0.15, -0.1) is 0 Å². The molecule has 0 aliphatic heterocycles. The molecule has 1 N–H and O–H groups in total. The van der Waals surface area contributed by atoms with Crippen molar-refractivity contribution in [3.8, 4) is 0 Å². The van der Waals surface area contributed by atoms with Crippen LogP contribution in [-0.4, -0.2) is 18.8 Å². The fourth-order valence-electron chi connectivity index (χ4n) is 3.35. The average molecular weight is 275 g/mol. The Hall–Kier alpha value is -0.860. The summed E-state index contributed by atoms with van der Waals surface area (Å²) in [7, 11) is 0. The van der Waals surface area contributed by atoms with Crippen molar-refractivity contribution in [1.29, 1.82) is 0 Å². The molecule has 1 aliphatic rings. The number of hydrogen-bond acceptors (Lipinski definition) is 2. The van der Waals surface area contributed by atoms with Gasteiger partial charge in [0.25, 0.3) is 0 Å². The molecule has 1 aromatic carbocycles. The van der Waals surface area contributed by atoms with Gasteiger partial charge in [0.2, 0.25) is 0 Å². The Morgan fingerprint density at radius 2 is 2.15 bits per heavy atom. The molecule has 0 aromatic heterocycles. The highest BCUT2D eigenvalue weighted by Gasteiger charge is 2.51. The minimum atomic E-state index is 0.272. The van der Waals surface area contributed by atoms with Crippen molar-refractivity contribution in [2.45, 2.75) is 65.6 Å². The van der Waals surface area contributed by atoms with Crippen molar-refractivity contribution < 1.29 is 4.74 Å². The Morgan fingerprint density at radius 1 is 1.40 bits per heavy atom. The lowest BCUT2D eigenvalue weighted by atomic mass is 9.61. The van der Waals surface area contributed by atoms with Crippen LogP contribution in [0.3, 0.4) is 0 Å². The van der Waals surface area contributed by atoms with E-state index >= 15 is 0 Å². The Kier molecular flexibility index (Phi) is 4.87. The molecule has 20 heavy (non-hydrogen) atoms. The van der Waals surface area contributed by atoms with Crippen molar-refractivity contribution in [2.24, 2.45) is 5.41 Å². The Balaban J connectivity index is 2.00. The Morgan fingerprint density at radius 3 is 2.75 bits per heavy atom. The summed E-state index contributed by atoms with van der Waals surface area (Å²) in [4.78, 5) is 0. The third-order valence-corrected chi connectivity index (χ3v) is 5.10. The second kappa shape index (κ2) is 6.28. The predicted molar refractivity (Wildman–Crippen MR) is 84.9 cm³/mol. The zero-order valence-corrected chi connectivity index (χ0v) is 13.6. The fraction of sp³-hybridized carbons (Fsp3) is 0.667. The molecule has 0 heterocycles. The first-order chi connectivity index (χ1) is 9.51. The summed E-state index contributed by atoms with van der Waals surface area (Å²) in [5.74, 6) is 0. The molecule has 112 valence electrons. The van der Waals surface area contributed by atoms with Gasteiger partial charge in [-0.05, 0) is 39.2 Å². The molecule has 0 saturated heterocycles. The minimum absolute atomic E-state index is 0.272. The molecule has 3 unspecified atom stereocenters. The number of benzene rings is 1. The number of ether oxygens (including phenoxy) is 1. The molecule has 0 amide bonds. The highest BCUT2D eigenvalue weighted by Crippen LogP contribution is 2.46. The number of nitrogens with one attached hydrogen (secondary N) is 1. The first kappa shape index (κ1) is 15.5. The van der Waals surface area contributed by atoms with Gasteiger partial charge in [-0.25, -0.2) is 0 Å². The standard InChI is InChI=1S/C18H29NO/c1-6-18(5)16(12-17(18)20-7-2)19-14(4)15-10-8-9-13(3)11-15/h8-11,14,16-17,19H,6-7,12H2,1-5H3/t14-,16?,17?,18?/m0/s1. The van der Waals surface area contributed by atoms with Crippen LogP contribution in [0.4, 0.5) is 0 Å². The van der Waals surface area contributed by atoms with Crippen LogP contribution in [0.2, 0.25) is 0 Å². The maximum atomic E-state index is 5.88. The van der Waals surface area contributed by atoms with E-state index in [4.69, 9.17) is 4.74 Å². The molecule has 0 spiro atoms.